The second kappa shape index (κ2) is 6.65. The fourth-order valence-corrected chi connectivity index (χ4v) is 4.62. The normalized spacial score (nSPS) is 38.0. The van der Waals surface area contributed by atoms with E-state index in [1.54, 1.807) is 0 Å². The Bertz CT molecular complexity index is 737. The lowest BCUT2D eigenvalue weighted by molar-refractivity contribution is -0.243. The molecule has 4 aliphatic rings. The molecule has 0 N–H and O–H groups in total. The van der Waals surface area contributed by atoms with Crippen molar-refractivity contribution in [1.29, 1.82) is 0 Å². The summed E-state index contributed by atoms with van der Waals surface area (Å²) >= 11 is 0. The third-order valence-electron chi connectivity index (χ3n) is 5.71. The van der Waals surface area contributed by atoms with E-state index >= 15 is 0 Å². The Labute approximate surface area is 165 Å². The largest absolute Gasteiger partial charge is 0.342 e. The van der Waals surface area contributed by atoms with Crippen LogP contribution in [-0.4, -0.2) is 55.4 Å². The van der Waals surface area contributed by atoms with Crippen molar-refractivity contribution in [2.45, 2.75) is 82.8 Å². The highest BCUT2D eigenvalue weighted by Crippen LogP contribution is 2.44. The predicted molar refractivity (Wildman–Crippen MR) is 101 cm³/mol. The topological polar surface area (TPSA) is 58.6 Å². The molecule has 1 aromatic rings. The molecule has 28 heavy (non-hydrogen) atoms. The third kappa shape index (κ3) is 3.34. The molecule has 0 amide bonds. The average Bonchev–Trinajstić information content (AvgIpc) is 3.13. The van der Waals surface area contributed by atoms with Gasteiger partial charge in [0.1, 0.15) is 31.0 Å². The van der Waals surface area contributed by atoms with Gasteiger partial charge in [-0.1, -0.05) is 18.2 Å². The van der Waals surface area contributed by atoms with Gasteiger partial charge in [-0.3, -0.25) is 9.90 Å². The Hall–Kier alpha value is -1.22. The van der Waals surface area contributed by atoms with E-state index in [-0.39, 0.29) is 24.4 Å². The lowest BCUT2D eigenvalue weighted by Gasteiger charge is -2.38. The summed E-state index contributed by atoms with van der Waals surface area (Å²) in [4.78, 5) is 6.20. The van der Waals surface area contributed by atoms with Crippen molar-refractivity contribution in [2.75, 3.05) is 18.2 Å². The van der Waals surface area contributed by atoms with Gasteiger partial charge in [-0.25, -0.2) is 0 Å². The summed E-state index contributed by atoms with van der Waals surface area (Å²) in [7, 11) is 0. The van der Waals surface area contributed by atoms with E-state index in [1.807, 2.05) is 38.8 Å². The van der Waals surface area contributed by atoms with Crippen LogP contribution in [0.4, 0.5) is 5.69 Å². The molecule has 154 valence electrons. The zero-order valence-corrected chi connectivity index (χ0v) is 16.9. The first kappa shape index (κ1) is 18.8. The molecule has 0 aliphatic carbocycles. The van der Waals surface area contributed by atoms with E-state index in [9.17, 15) is 0 Å². The summed E-state index contributed by atoms with van der Waals surface area (Å²) in [5.41, 5.74) is 2.44. The van der Waals surface area contributed by atoms with Crippen LogP contribution in [0.15, 0.2) is 24.3 Å². The van der Waals surface area contributed by atoms with Crippen molar-refractivity contribution in [3.8, 4) is 0 Å². The van der Waals surface area contributed by atoms with Crippen molar-refractivity contribution in [2.24, 2.45) is 0 Å². The lowest BCUT2D eigenvalue weighted by atomic mass is 9.99. The molecule has 2 unspecified atom stereocenters. The number of ether oxygens (including phenoxy) is 5. The summed E-state index contributed by atoms with van der Waals surface area (Å²) in [5, 5.41) is 1.97. The van der Waals surface area contributed by atoms with E-state index < -0.39 is 17.9 Å². The van der Waals surface area contributed by atoms with Crippen LogP contribution in [0.5, 0.6) is 0 Å². The molecule has 0 radical (unpaired) electrons. The first-order valence-electron chi connectivity index (χ1n) is 10.2. The van der Waals surface area contributed by atoms with E-state index in [2.05, 4.69) is 18.2 Å². The van der Waals surface area contributed by atoms with Crippen molar-refractivity contribution < 1.29 is 28.5 Å². The molecule has 3 fully saturated rings. The molecule has 3 saturated heterocycles. The smallest absolute Gasteiger partial charge is 0.190 e. The minimum Gasteiger partial charge on any atom is -0.342 e. The highest BCUT2D eigenvalue weighted by Gasteiger charge is 2.60. The number of para-hydroxylation sites is 1. The molecule has 5 rings (SSSR count). The molecule has 7 heteroatoms. The summed E-state index contributed by atoms with van der Waals surface area (Å²) in [6.45, 7) is 8.84. The van der Waals surface area contributed by atoms with Gasteiger partial charge in [-0.05, 0) is 52.2 Å². The highest BCUT2D eigenvalue weighted by atomic mass is 16.9. The first-order valence-corrected chi connectivity index (χ1v) is 10.2. The summed E-state index contributed by atoms with van der Waals surface area (Å²) in [5.74, 6) is -1.41. The van der Waals surface area contributed by atoms with E-state index in [0.29, 0.717) is 6.61 Å². The first-order chi connectivity index (χ1) is 13.3. The maximum absolute atomic E-state index is 6.23. The Morgan fingerprint density at radius 1 is 0.964 bits per heavy atom. The van der Waals surface area contributed by atoms with Crippen LogP contribution in [0.3, 0.4) is 0 Å². The van der Waals surface area contributed by atoms with Gasteiger partial charge >= 0.3 is 0 Å². The zero-order chi connectivity index (χ0) is 19.5. The number of hydrogen-bond acceptors (Lipinski definition) is 7. The second-order valence-corrected chi connectivity index (χ2v) is 8.84. The molecule has 4 aliphatic heterocycles. The van der Waals surface area contributed by atoms with Crippen LogP contribution in [-0.2, 0) is 34.9 Å². The second-order valence-electron chi connectivity index (χ2n) is 8.84. The summed E-state index contributed by atoms with van der Waals surface area (Å²) in [6.07, 6.45) is 0.517. The third-order valence-corrected chi connectivity index (χ3v) is 5.71. The zero-order valence-electron chi connectivity index (χ0n) is 16.9. The van der Waals surface area contributed by atoms with Gasteiger partial charge in [-0.15, -0.1) is 0 Å². The molecule has 5 atom stereocenters. The molecular formula is C21H29NO6. The number of nitrogens with zero attached hydrogens (tertiary/aromatic N) is 1. The molecule has 1 aromatic carbocycles. The lowest BCUT2D eigenvalue weighted by Crippen LogP contribution is -2.56. The van der Waals surface area contributed by atoms with Crippen LogP contribution in [0.25, 0.3) is 0 Å². The number of rotatable bonds is 3. The van der Waals surface area contributed by atoms with E-state index in [1.165, 1.54) is 5.56 Å². The average molecular weight is 391 g/mol. The highest BCUT2D eigenvalue weighted by molar-refractivity contribution is 5.53. The van der Waals surface area contributed by atoms with E-state index in [4.69, 9.17) is 28.5 Å². The Morgan fingerprint density at radius 3 is 2.54 bits per heavy atom. The van der Waals surface area contributed by atoms with Crippen LogP contribution < -0.4 is 5.06 Å². The maximum Gasteiger partial charge on any atom is 0.190 e. The predicted octanol–water partition coefficient (Wildman–Crippen LogP) is 2.77. The SMILES string of the molecule is CC1(C)OC2[C@H](OC(CON3CCCc4ccccc43)[C@@H]3OC(C)(C)O[C@H]23)O1. The fourth-order valence-electron chi connectivity index (χ4n) is 4.62. The van der Waals surface area contributed by atoms with Gasteiger partial charge in [0.2, 0.25) is 0 Å². The molecule has 4 heterocycles. The maximum atomic E-state index is 6.23. The van der Waals surface area contributed by atoms with Gasteiger partial charge in [0.05, 0.1) is 5.69 Å². The molecule has 0 aromatic heterocycles. The van der Waals surface area contributed by atoms with Crippen LogP contribution >= 0.6 is 0 Å². The van der Waals surface area contributed by atoms with Crippen LogP contribution in [0, 0.1) is 0 Å². The van der Waals surface area contributed by atoms with E-state index in [0.717, 1.165) is 25.1 Å². The number of anilines is 1. The van der Waals surface area contributed by atoms with Crippen molar-refractivity contribution >= 4 is 5.69 Å². The Morgan fingerprint density at radius 2 is 1.68 bits per heavy atom. The van der Waals surface area contributed by atoms with Gasteiger partial charge in [-0.2, -0.15) is 0 Å². The quantitative estimate of drug-likeness (QED) is 0.785. The number of benzene rings is 1. The Kier molecular flexibility index (Phi) is 4.46. The number of hydrogen-bond donors (Lipinski definition) is 0. The van der Waals surface area contributed by atoms with Crippen LogP contribution in [0.1, 0.15) is 39.7 Å². The molecular weight excluding hydrogens is 362 g/mol. The van der Waals surface area contributed by atoms with Gasteiger partial charge in [0.15, 0.2) is 17.9 Å². The molecule has 0 bridgehead atoms. The Balaban J connectivity index is 1.33. The van der Waals surface area contributed by atoms with Crippen molar-refractivity contribution in [3.05, 3.63) is 29.8 Å². The standard InChI is InChI=1S/C21H29NO6/c1-20(2)25-16-15(24-19-18(17(16)26-20)27-21(3,4)28-19)12-23-22-11-7-9-13-8-5-6-10-14(13)22/h5-6,8,10,15-19H,7,9,11-12H2,1-4H3/t15?,16-,17-,18?,19+/m0/s1. The summed E-state index contributed by atoms with van der Waals surface area (Å²) < 4.78 is 30.6. The fraction of sp³-hybridized carbons (Fsp3) is 0.714. The number of aryl methyl sites for hydroxylation is 1. The molecule has 7 nitrogen and oxygen atoms in total. The monoisotopic (exact) mass is 391 g/mol. The van der Waals surface area contributed by atoms with Gasteiger partial charge in [0.25, 0.3) is 0 Å². The van der Waals surface area contributed by atoms with Crippen LogP contribution in [0.2, 0.25) is 0 Å². The van der Waals surface area contributed by atoms with Gasteiger partial charge < -0.3 is 23.7 Å². The van der Waals surface area contributed by atoms with Crippen molar-refractivity contribution in [3.63, 3.8) is 0 Å². The minimum atomic E-state index is -0.711. The summed E-state index contributed by atoms with van der Waals surface area (Å²) in [6, 6.07) is 8.37. The molecule has 0 saturated carbocycles. The number of fused-ring (bicyclic) bond motifs is 4. The molecule has 0 spiro atoms. The number of hydroxylamine groups is 1. The minimum absolute atomic E-state index is 0.252. The van der Waals surface area contributed by atoms with Crippen molar-refractivity contribution in [1.82, 2.24) is 0 Å². The van der Waals surface area contributed by atoms with Gasteiger partial charge in [0, 0.05) is 6.54 Å².